The third kappa shape index (κ3) is 4.06. The van der Waals surface area contributed by atoms with Gasteiger partial charge in [0, 0.05) is 11.5 Å². The Morgan fingerprint density at radius 3 is 2.65 bits per heavy atom. The second-order valence-corrected chi connectivity index (χ2v) is 5.64. The molecule has 1 aliphatic carbocycles. The number of aliphatic hydroxyl groups is 1. The summed E-state index contributed by atoms with van der Waals surface area (Å²) in [5.41, 5.74) is 2.04. The van der Waals surface area contributed by atoms with Gasteiger partial charge in [-0.1, -0.05) is 48.6 Å². The van der Waals surface area contributed by atoms with Crippen LogP contribution in [0.3, 0.4) is 0 Å². The van der Waals surface area contributed by atoms with Gasteiger partial charge in [-0.25, -0.2) is 0 Å². The van der Waals surface area contributed by atoms with Gasteiger partial charge in [0.15, 0.2) is 0 Å². The highest BCUT2D eigenvalue weighted by Crippen LogP contribution is 2.23. The summed E-state index contributed by atoms with van der Waals surface area (Å²) < 4.78 is 0. The molecule has 0 spiro atoms. The Hall–Kier alpha value is -0.990. The molecule has 1 atom stereocenters. The standard InChI is InChI=1S/C15H18OS/c1-15(16)9-7-14(8-10-15)12-17-11-13-5-3-2-4-6-13/h2-9,16H,10-12H2,1H3. The van der Waals surface area contributed by atoms with Gasteiger partial charge >= 0.3 is 0 Å². The molecule has 0 saturated carbocycles. The maximum absolute atomic E-state index is 9.76. The van der Waals surface area contributed by atoms with Crippen molar-refractivity contribution in [3.8, 4) is 0 Å². The molecule has 0 saturated heterocycles. The first-order valence-electron chi connectivity index (χ1n) is 5.88. The van der Waals surface area contributed by atoms with Gasteiger partial charge < -0.3 is 5.11 Å². The van der Waals surface area contributed by atoms with Crippen LogP contribution in [-0.4, -0.2) is 16.5 Å². The molecule has 0 fully saturated rings. The quantitative estimate of drug-likeness (QED) is 0.876. The molecule has 0 heterocycles. The third-order valence-corrected chi connectivity index (χ3v) is 3.89. The Morgan fingerprint density at radius 2 is 2.00 bits per heavy atom. The molecule has 2 rings (SSSR count). The molecular weight excluding hydrogens is 228 g/mol. The third-order valence-electron chi connectivity index (χ3n) is 2.81. The van der Waals surface area contributed by atoms with Crippen molar-refractivity contribution in [2.75, 3.05) is 5.75 Å². The smallest absolute Gasteiger partial charge is 0.0837 e. The van der Waals surface area contributed by atoms with E-state index in [1.165, 1.54) is 11.1 Å². The summed E-state index contributed by atoms with van der Waals surface area (Å²) in [7, 11) is 0. The van der Waals surface area contributed by atoms with Crippen molar-refractivity contribution in [3.63, 3.8) is 0 Å². The van der Waals surface area contributed by atoms with Gasteiger partial charge in [0.25, 0.3) is 0 Å². The maximum Gasteiger partial charge on any atom is 0.0837 e. The lowest BCUT2D eigenvalue weighted by molar-refractivity contribution is 0.113. The van der Waals surface area contributed by atoms with Crippen LogP contribution in [0, 0.1) is 0 Å². The highest BCUT2D eigenvalue weighted by molar-refractivity contribution is 7.98. The van der Waals surface area contributed by atoms with Crippen molar-refractivity contribution in [2.24, 2.45) is 0 Å². The van der Waals surface area contributed by atoms with Crippen molar-refractivity contribution in [3.05, 3.63) is 59.7 Å². The second kappa shape index (κ2) is 5.56. The first kappa shape index (κ1) is 12.5. The van der Waals surface area contributed by atoms with E-state index in [9.17, 15) is 5.11 Å². The van der Waals surface area contributed by atoms with Crippen LogP contribution in [0.1, 0.15) is 18.9 Å². The Balaban J connectivity index is 1.77. The number of benzene rings is 1. The van der Waals surface area contributed by atoms with Gasteiger partial charge in [-0.05, 0) is 24.5 Å². The minimum Gasteiger partial charge on any atom is -0.386 e. The fourth-order valence-corrected chi connectivity index (χ4v) is 2.71. The molecule has 1 aliphatic rings. The predicted molar refractivity (Wildman–Crippen MR) is 75.1 cm³/mol. The van der Waals surface area contributed by atoms with E-state index in [0.717, 1.165) is 17.9 Å². The van der Waals surface area contributed by atoms with Crippen molar-refractivity contribution in [1.29, 1.82) is 0 Å². The number of allylic oxidation sites excluding steroid dienone is 1. The minimum absolute atomic E-state index is 0.645. The molecular formula is C15H18OS. The summed E-state index contributed by atoms with van der Waals surface area (Å²) in [6, 6.07) is 10.5. The Labute approximate surface area is 107 Å². The lowest BCUT2D eigenvalue weighted by atomic mass is 9.95. The van der Waals surface area contributed by atoms with Gasteiger partial charge in [-0.3, -0.25) is 0 Å². The van der Waals surface area contributed by atoms with Crippen LogP contribution in [0.2, 0.25) is 0 Å². The molecule has 90 valence electrons. The topological polar surface area (TPSA) is 20.2 Å². The molecule has 17 heavy (non-hydrogen) atoms. The van der Waals surface area contributed by atoms with Gasteiger partial charge in [-0.2, -0.15) is 11.8 Å². The van der Waals surface area contributed by atoms with Crippen LogP contribution in [0.5, 0.6) is 0 Å². The molecule has 0 amide bonds. The first-order chi connectivity index (χ1) is 8.16. The molecule has 0 aliphatic heterocycles. The van der Waals surface area contributed by atoms with E-state index in [4.69, 9.17) is 0 Å². The van der Waals surface area contributed by atoms with Crippen LogP contribution in [-0.2, 0) is 5.75 Å². The normalized spacial score (nSPS) is 23.5. The highest BCUT2D eigenvalue weighted by Gasteiger charge is 2.17. The number of hydrogen-bond donors (Lipinski definition) is 1. The average Bonchev–Trinajstić information content (AvgIpc) is 2.33. The van der Waals surface area contributed by atoms with Crippen molar-refractivity contribution in [2.45, 2.75) is 24.7 Å². The van der Waals surface area contributed by atoms with E-state index >= 15 is 0 Å². The summed E-state index contributed by atoms with van der Waals surface area (Å²) >= 11 is 1.91. The lowest BCUT2D eigenvalue weighted by Gasteiger charge is -2.21. The summed E-state index contributed by atoms with van der Waals surface area (Å²) in [6.07, 6.45) is 6.80. The average molecular weight is 246 g/mol. The Bertz CT molecular complexity index is 418. The van der Waals surface area contributed by atoms with Gasteiger partial charge in [0.05, 0.1) is 5.60 Å². The van der Waals surface area contributed by atoms with E-state index in [0.29, 0.717) is 0 Å². The number of rotatable bonds is 4. The summed E-state index contributed by atoms with van der Waals surface area (Å²) in [5, 5.41) is 9.76. The van der Waals surface area contributed by atoms with E-state index in [2.05, 4.69) is 30.3 Å². The summed E-state index contributed by atoms with van der Waals surface area (Å²) in [5.74, 6) is 2.06. The lowest BCUT2D eigenvalue weighted by Crippen LogP contribution is -2.21. The molecule has 0 radical (unpaired) electrons. The molecule has 0 aromatic heterocycles. The van der Waals surface area contributed by atoms with Crippen molar-refractivity contribution in [1.82, 2.24) is 0 Å². The summed E-state index contributed by atoms with van der Waals surface area (Å²) in [6.45, 7) is 1.84. The van der Waals surface area contributed by atoms with Crippen LogP contribution >= 0.6 is 11.8 Å². The summed E-state index contributed by atoms with van der Waals surface area (Å²) in [4.78, 5) is 0. The van der Waals surface area contributed by atoms with E-state index in [-0.39, 0.29) is 0 Å². The molecule has 2 heteroatoms. The fourth-order valence-electron chi connectivity index (χ4n) is 1.73. The SMILES string of the molecule is CC1(O)C=CC(CSCc2ccccc2)=CC1. The first-order valence-corrected chi connectivity index (χ1v) is 7.03. The van der Waals surface area contributed by atoms with Gasteiger partial charge in [-0.15, -0.1) is 0 Å². The van der Waals surface area contributed by atoms with Gasteiger partial charge in [0.1, 0.15) is 0 Å². The molecule has 1 aromatic rings. The van der Waals surface area contributed by atoms with Crippen molar-refractivity contribution >= 4 is 11.8 Å². The van der Waals surface area contributed by atoms with E-state index < -0.39 is 5.60 Å². The van der Waals surface area contributed by atoms with E-state index in [1.807, 2.05) is 36.9 Å². The maximum atomic E-state index is 9.76. The Kier molecular flexibility index (Phi) is 4.08. The fraction of sp³-hybridized carbons (Fsp3) is 0.333. The zero-order chi connectivity index (χ0) is 12.1. The Morgan fingerprint density at radius 1 is 1.24 bits per heavy atom. The number of thioether (sulfide) groups is 1. The largest absolute Gasteiger partial charge is 0.386 e. The molecule has 1 nitrogen and oxygen atoms in total. The monoisotopic (exact) mass is 246 g/mol. The van der Waals surface area contributed by atoms with Crippen LogP contribution < -0.4 is 0 Å². The van der Waals surface area contributed by atoms with Crippen molar-refractivity contribution < 1.29 is 5.11 Å². The highest BCUT2D eigenvalue weighted by atomic mass is 32.2. The number of hydrogen-bond acceptors (Lipinski definition) is 2. The van der Waals surface area contributed by atoms with Crippen LogP contribution in [0.4, 0.5) is 0 Å². The molecule has 0 bridgehead atoms. The second-order valence-electron chi connectivity index (χ2n) is 4.65. The van der Waals surface area contributed by atoms with E-state index in [1.54, 1.807) is 0 Å². The molecule has 1 N–H and O–H groups in total. The van der Waals surface area contributed by atoms with Crippen LogP contribution in [0.25, 0.3) is 0 Å². The van der Waals surface area contributed by atoms with Crippen LogP contribution in [0.15, 0.2) is 54.1 Å². The molecule has 1 unspecified atom stereocenters. The predicted octanol–water partition coefficient (Wildman–Crippen LogP) is 3.56. The van der Waals surface area contributed by atoms with Gasteiger partial charge in [0.2, 0.25) is 0 Å². The zero-order valence-corrected chi connectivity index (χ0v) is 10.9. The minimum atomic E-state index is -0.645. The zero-order valence-electron chi connectivity index (χ0n) is 10.1. The molecule has 1 aromatic carbocycles.